The predicted molar refractivity (Wildman–Crippen MR) is 341 cm³/mol. The van der Waals surface area contributed by atoms with Crippen molar-refractivity contribution in [1.29, 1.82) is 0 Å². The van der Waals surface area contributed by atoms with Crippen molar-refractivity contribution in [2.24, 2.45) is 17.8 Å². The first-order valence-corrected chi connectivity index (χ1v) is 32.7. The summed E-state index contributed by atoms with van der Waals surface area (Å²) >= 11 is 6.03. The number of likely N-dealkylation sites (N-methyl/N-ethyl adjacent to an activating group) is 7. The van der Waals surface area contributed by atoms with E-state index in [-0.39, 0.29) is 49.1 Å². The summed E-state index contributed by atoms with van der Waals surface area (Å²) in [5.41, 5.74) is -3.89. The van der Waals surface area contributed by atoms with E-state index < -0.39 is 205 Å². The Morgan fingerprint density at radius 1 is 0.619 bits per heavy atom. The molecule has 540 valence electrons. The Morgan fingerprint density at radius 3 is 1.72 bits per heavy atom. The molecule has 5 rings (SSSR count). The first-order valence-electron chi connectivity index (χ1n) is 32.3. The van der Waals surface area contributed by atoms with Crippen LogP contribution in [0.3, 0.4) is 0 Å². The van der Waals surface area contributed by atoms with Gasteiger partial charge in [0.25, 0.3) is 5.92 Å². The zero-order chi connectivity index (χ0) is 73.3. The number of fused-ring (bicyclic) bond motifs is 1. The molecule has 9 atom stereocenters. The first-order chi connectivity index (χ1) is 44.9. The Balaban J connectivity index is 1.62. The second-order valence-electron chi connectivity index (χ2n) is 26.8. The Hall–Kier alpha value is -7.66. The van der Waals surface area contributed by atoms with Crippen LogP contribution in [0.15, 0.2) is 42.5 Å². The maximum atomic E-state index is 15.9. The third kappa shape index (κ3) is 20.0. The van der Waals surface area contributed by atoms with Crippen molar-refractivity contribution in [2.45, 2.75) is 185 Å². The Bertz CT molecular complexity index is 3230. The van der Waals surface area contributed by atoms with Gasteiger partial charge in [0.1, 0.15) is 41.8 Å². The molecular weight excluding hydrogens is 1310 g/mol. The van der Waals surface area contributed by atoms with Crippen LogP contribution < -0.4 is 16.0 Å². The number of carbonyl (C=O) groups is 11. The van der Waals surface area contributed by atoms with Gasteiger partial charge in [0, 0.05) is 74.6 Å². The number of benzene rings is 2. The van der Waals surface area contributed by atoms with Crippen molar-refractivity contribution in [2.75, 3.05) is 75.5 Å². The smallest absolute Gasteiger partial charge is 0.343 e. The number of nitrogens with one attached hydrogen (secondary N) is 3. The monoisotopic (exact) mass is 1400 g/mol. The largest absolute Gasteiger partial charge is 0.417 e. The molecule has 22 nitrogen and oxygen atoms in total. The average Bonchev–Trinajstić information content (AvgIpc) is 1.72. The fourth-order valence-corrected chi connectivity index (χ4v) is 12.4. The summed E-state index contributed by atoms with van der Waals surface area (Å²) in [6.07, 6.45) is -11.6. The van der Waals surface area contributed by atoms with Crippen molar-refractivity contribution in [3.63, 3.8) is 0 Å². The number of aryl methyl sites for hydroxylation is 1. The van der Waals surface area contributed by atoms with Crippen LogP contribution in [0.2, 0.25) is 5.02 Å². The number of amides is 11. The zero-order valence-corrected chi connectivity index (χ0v) is 58.1. The summed E-state index contributed by atoms with van der Waals surface area (Å²) in [5.74, 6) is -14.9. The highest BCUT2D eigenvalue weighted by molar-refractivity contribution is 6.31. The van der Waals surface area contributed by atoms with Gasteiger partial charge < -0.3 is 55.1 Å². The quantitative estimate of drug-likeness (QED) is 0.219. The van der Waals surface area contributed by atoms with E-state index in [1.807, 2.05) is 13.8 Å². The summed E-state index contributed by atoms with van der Waals surface area (Å²) < 4.78 is 114. The number of alkyl halides is 8. The molecule has 0 aromatic heterocycles. The second-order valence-corrected chi connectivity index (χ2v) is 27.2. The van der Waals surface area contributed by atoms with Crippen LogP contribution in [0.4, 0.5) is 35.1 Å². The van der Waals surface area contributed by atoms with Gasteiger partial charge in [-0.1, -0.05) is 84.2 Å². The topological polar surface area (TPSA) is 250 Å². The predicted octanol–water partition coefficient (Wildman–Crippen LogP) is 6.04. The normalized spacial score (nSPS) is 25.1. The van der Waals surface area contributed by atoms with Gasteiger partial charge in [0.2, 0.25) is 65.0 Å². The number of hydrogen-bond donors (Lipinski definition) is 3. The van der Waals surface area contributed by atoms with Gasteiger partial charge in [-0.05, 0) is 98.6 Å². The molecule has 3 N–H and O–H groups in total. The Labute approximate surface area is 565 Å². The van der Waals surface area contributed by atoms with E-state index in [1.165, 1.54) is 45.0 Å². The van der Waals surface area contributed by atoms with Crippen LogP contribution in [-0.4, -0.2) is 233 Å². The molecule has 0 radical (unpaired) electrons. The fraction of sp³-hybridized carbons (Fsp3) is 0.652. The van der Waals surface area contributed by atoms with Crippen molar-refractivity contribution < 1.29 is 87.9 Å². The van der Waals surface area contributed by atoms with Crippen molar-refractivity contribution >= 4 is 76.6 Å². The summed E-state index contributed by atoms with van der Waals surface area (Å²) in [6, 6.07) is -3.87. The second kappa shape index (κ2) is 32.8. The lowest BCUT2D eigenvalue weighted by Gasteiger charge is -2.46. The molecule has 3 fully saturated rings. The molecule has 1 aliphatic carbocycles. The van der Waals surface area contributed by atoms with Gasteiger partial charge in [-0.25, -0.2) is 8.78 Å². The first kappa shape index (κ1) is 80.0. The summed E-state index contributed by atoms with van der Waals surface area (Å²) in [4.78, 5) is 168. The van der Waals surface area contributed by atoms with Gasteiger partial charge >= 0.3 is 12.4 Å². The van der Waals surface area contributed by atoms with E-state index in [2.05, 4.69) is 16.0 Å². The van der Waals surface area contributed by atoms with Gasteiger partial charge in [-0.2, -0.15) is 26.3 Å². The van der Waals surface area contributed by atoms with E-state index in [0.717, 1.165) is 75.0 Å². The van der Waals surface area contributed by atoms with E-state index >= 15 is 8.78 Å². The lowest BCUT2D eigenvalue weighted by molar-refractivity contribution is -0.155. The van der Waals surface area contributed by atoms with E-state index in [1.54, 1.807) is 34.6 Å². The van der Waals surface area contributed by atoms with Crippen molar-refractivity contribution in [3.05, 3.63) is 69.7 Å². The lowest BCUT2D eigenvalue weighted by atomic mass is 9.74. The van der Waals surface area contributed by atoms with Crippen LogP contribution in [0.5, 0.6) is 0 Å². The minimum absolute atomic E-state index is 0.0337. The molecule has 2 aliphatic heterocycles. The van der Waals surface area contributed by atoms with Crippen molar-refractivity contribution in [3.8, 4) is 0 Å². The molecule has 2 heterocycles. The van der Waals surface area contributed by atoms with E-state index in [4.69, 9.17) is 11.6 Å². The number of halogens is 9. The highest BCUT2D eigenvalue weighted by Crippen LogP contribution is 2.39. The SMILES string of the molecule is CC[C@H](C)[C@@H]1NC(=O)[C@H](CC(C)C)N(C)C(=O)C[C@@H](C)N(C)C(=O)[C@H]([C@@H](C)CC)N(C)C(=O)C2(CCC2)NC(=O)[C@@H]2CC(F)(F)CN2C(=O)[C@H](CCc2ccc(C(F)(F)F)c(Cl)c2)NC(=O)CN(C)C(=O)[C@H](Cc2ccc(C(F)(F)F)cc2)N(C)C(=O)CN(C)C(=O)CN(C)C1=O. The highest BCUT2D eigenvalue weighted by atomic mass is 35.5. The summed E-state index contributed by atoms with van der Waals surface area (Å²) in [6.45, 7) is 8.38. The Morgan fingerprint density at radius 2 is 1.19 bits per heavy atom. The zero-order valence-electron chi connectivity index (χ0n) is 57.4. The molecule has 31 heteroatoms. The third-order valence-corrected chi connectivity index (χ3v) is 19.3. The minimum Gasteiger partial charge on any atom is -0.343 e. The fourth-order valence-electron chi connectivity index (χ4n) is 12.1. The standard InChI is InChI=1S/C66H92ClF8N11O11/c1-15-38(5)54-60(95)81(10)34-52(89)79(8)35-53(90)84(13)48(31-42-18-22-43(23-19-42)65(70,71)72)59(94)80(9)33-50(87)76-46(25-21-41-20-24-44(45(67)30-41)66(73,74)75)58(93)86-36-64(68,69)32-49(86)57(92)78-63(26-17-27-63)62(97)85(14)55(39(6)16-2)61(96)82(11)40(7)29-51(88)83(12)47(28-37(3)4)56(91)77-54/h18-20,22-24,30,37-40,46-49,54-55H,15-17,21,25-29,31-36H2,1-14H3,(H,76,87)(H,77,91)(H,78,92)/t38-,39-,40+,46-,47-,48-,49-,54-,55-/m0/s1. The minimum atomic E-state index is -4.88. The van der Waals surface area contributed by atoms with Gasteiger partial charge in [-0.15, -0.1) is 0 Å². The van der Waals surface area contributed by atoms with Crippen LogP contribution >= 0.6 is 11.6 Å². The average molecular weight is 1400 g/mol. The van der Waals surface area contributed by atoms with Crippen molar-refractivity contribution in [1.82, 2.24) is 55.1 Å². The van der Waals surface area contributed by atoms with Crippen LogP contribution in [0.1, 0.15) is 129 Å². The number of nitrogens with zero attached hydrogens (tertiary/aromatic N) is 8. The Kier molecular flexibility index (Phi) is 27.1. The molecule has 2 saturated heterocycles. The summed E-state index contributed by atoms with van der Waals surface area (Å²) in [7, 11) is 8.93. The van der Waals surface area contributed by atoms with Crippen LogP contribution in [-0.2, 0) is 77.9 Å². The van der Waals surface area contributed by atoms with Gasteiger partial charge in [0.05, 0.1) is 42.3 Å². The number of carbonyl (C=O) groups excluding carboxylic acids is 11. The molecule has 0 unspecified atom stereocenters. The number of rotatable bonds is 11. The van der Waals surface area contributed by atoms with Gasteiger partial charge in [0.15, 0.2) is 0 Å². The van der Waals surface area contributed by atoms with Crippen LogP contribution in [0.25, 0.3) is 0 Å². The molecule has 1 spiro atoms. The van der Waals surface area contributed by atoms with Gasteiger partial charge in [-0.3, -0.25) is 52.7 Å². The third-order valence-electron chi connectivity index (χ3n) is 19.0. The molecular formula is C66H92ClF8N11O11. The molecule has 11 amide bonds. The van der Waals surface area contributed by atoms with E-state index in [9.17, 15) is 79.1 Å². The number of hydrogen-bond acceptors (Lipinski definition) is 11. The highest BCUT2D eigenvalue weighted by Gasteiger charge is 2.56. The molecule has 1 saturated carbocycles. The maximum absolute atomic E-state index is 15.9. The molecule has 2 aromatic rings. The van der Waals surface area contributed by atoms with Crippen LogP contribution in [0, 0.1) is 17.8 Å². The molecule has 2 aromatic carbocycles. The van der Waals surface area contributed by atoms with E-state index in [0.29, 0.717) is 30.2 Å². The lowest BCUT2D eigenvalue weighted by Crippen LogP contribution is -2.68. The molecule has 97 heavy (non-hydrogen) atoms. The molecule has 3 aliphatic rings. The summed E-state index contributed by atoms with van der Waals surface area (Å²) in [5, 5.41) is 7.11. The maximum Gasteiger partial charge on any atom is 0.417 e. The molecule has 0 bridgehead atoms.